The molecule has 0 bridgehead atoms. The van der Waals surface area contributed by atoms with Crippen molar-refractivity contribution in [1.29, 1.82) is 0 Å². The lowest BCUT2D eigenvalue weighted by Gasteiger charge is -2.28. The Kier molecular flexibility index (Phi) is 10.8. The molecular formula is C41H42N10O6. The minimum Gasteiger partial charge on any atom is -0.453 e. The summed E-state index contributed by atoms with van der Waals surface area (Å²) in [6, 6.07) is 22.1. The number of benzene rings is 2. The van der Waals surface area contributed by atoms with E-state index in [4.69, 9.17) is 24.6 Å². The van der Waals surface area contributed by atoms with Gasteiger partial charge < -0.3 is 34.7 Å². The molecular weight excluding hydrogens is 729 g/mol. The lowest BCUT2D eigenvalue weighted by atomic mass is 10.1. The highest BCUT2D eigenvalue weighted by Gasteiger charge is 2.38. The average molecular weight is 771 g/mol. The van der Waals surface area contributed by atoms with Gasteiger partial charge in [0, 0.05) is 31.4 Å². The molecule has 16 heteroatoms. The lowest BCUT2D eigenvalue weighted by molar-refractivity contribution is -0.188. The maximum atomic E-state index is 13.9. The summed E-state index contributed by atoms with van der Waals surface area (Å²) in [6.07, 6.45) is 5.82. The highest BCUT2D eigenvalue weighted by molar-refractivity contribution is 5.88. The van der Waals surface area contributed by atoms with Gasteiger partial charge in [-0.3, -0.25) is 9.59 Å². The normalized spacial score (nSPS) is 18.0. The van der Waals surface area contributed by atoms with Gasteiger partial charge in [0.15, 0.2) is 17.3 Å². The number of amides is 3. The Labute approximate surface area is 327 Å². The zero-order valence-corrected chi connectivity index (χ0v) is 31.5. The number of likely N-dealkylation sites (tertiary alicyclic amines) is 2. The number of nitrogens with one attached hydrogen (secondary N) is 3. The molecule has 2 aliphatic rings. The number of alkyl carbamates (subject to hydrolysis) is 1. The van der Waals surface area contributed by atoms with Gasteiger partial charge in [0.2, 0.25) is 6.40 Å². The van der Waals surface area contributed by atoms with E-state index in [0.29, 0.717) is 54.4 Å². The molecule has 2 aromatic carbocycles. The number of nitrogens with zero attached hydrogens (tertiary/aromatic N) is 7. The number of aromatic nitrogens is 6. The molecule has 3 amide bonds. The SMILES string of the molecule is COOC=N[C@@H](C(=O)N1CCC[C@H]1c1nc2ncc(Cc3ccc4[nH]c([C@@H]5CCCN5C(=O)[C@H](NC(=O)OC)c5ccccc5)nc4n3)cc2[nH]1)c1ccccc1. The Morgan fingerprint density at radius 1 is 0.825 bits per heavy atom. The third-order valence-electron chi connectivity index (χ3n) is 10.4. The Morgan fingerprint density at radius 3 is 2.16 bits per heavy atom. The van der Waals surface area contributed by atoms with Crippen molar-refractivity contribution in [2.75, 3.05) is 27.3 Å². The smallest absolute Gasteiger partial charge is 0.407 e. The van der Waals surface area contributed by atoms with Crippen molar-refractivity contribution < 1.29 is 28.9 Å². The number of H-pyrrole nitrogens is 2. The quantitative estimate of drug-likeness (QED) is 0.0612. The average Bonchev–Trinajstić information content (AvgIpc) is 4.07. The molecule has 0 radical (unpaired) electrons. The molecule has 16 nitrogen and oxygen atoms in total. The Balaban J connectivity index is 0.982. The van der Waals surface area contributed by atoms with Crippen LogP contribution in [0.2, 0.25) is 0 Å². The number of imidazole rings is 2. The molecule has 0 spiro atoms. The Morgan fingerprint density at radius 2 is 1.47 bits per heavy atom. The van der Waals surface area contributed by atoms with Crippen molar-refractivity contribution in [3.63, 3.8) is 0 Å². The van der Waals surface area contributed by atoms with Crippen LogP contribution < -0.4 is 5.32 Å². The second kappa shape index (κ2) is 16.6. The number of hydrogen-bond donors (Lipinski definition) is 3. The van der Waals surface area contributed by atoms with Crippen molar-refractivity contribution >= 4 is 46.6 Å². The summed E-state index contributed by atoms with van der Waals surface area (Å²) in [5.74, 6) is 0.918. The van der Waals surface area contributed by atoms with Crippen LogP contribution in [0.4, 0.5) is 4.79 Å². The van der Waals surface area contributed by atoms with Crippen LogP contribution >= 0.6 is 0 Å². The molecule has 2 aliphatic heterocycles. The van der Waals surface area contributed by atoms with Crippen LogP contribution in [0, 0.1) is 0 Å². The van der Waals surface area contributed by atoms with E-state index >= 15 is 0 Å². The molecule has 4 atom stereocenters. The number of ether oxygens (including phenoxy) is 1. The van der Waals surface area contributed by atoms with Gasteiger partial charge in [0.1, 0.15) is 17.7 Å². The fraction of sp³-hybridized carbons (Fsp3) is 0.317. The molecule has 8 rings (SSSR count). The maximum absolute atomic E-state index is 13.9. The molecule has 6 aromatic rings. The highest BCUT2D eigenvalue weighted by atomic mass is 17.2. The first-order valence-corrected chi connectivity index (χ1v) is 18.9. The standard InChI is InChI=1S/C41H42N10O6/c1-55-41(54)47-34(27-13-7-4-8-14-27)40(53)51-20-10-15-31(51)37-45-29-18-17-28(44-36(29)49-37)21-25-22-30-35(42-23-25)48-38(46-30)32-16-9-19-50(32)39(52)33(43-24-57-56-2)26-11-5-3-6-12-26/h3-8,11-14,17-18,22-24,31-34H,9-10,15-16,19-21H2,1-2H3,(H,47,54)(H,42,46,48)(H,44,45,49)/t31-,32-,33+,34+/m0/s1. The van der Waals surface area contributed by atoms with Crippen molar-refractivity contribution in [2.24, 2.45) is 4.99 Å². The second-order valence-electron chi connectivity index (χ2n) is 14.0. The van der Waals surface area contributed by atoms with E-state index in [2.05, 4.69) is 30.1 Å². The zero-order chi connectivity index (χ0) is 39.3. The van der Waals surface area contributed by atoms with E-state index in [-0.39, 0.29) is 23.9 Å². The van der Waals surface area contributed by atoms with Crippen molar-refractivity contribution in [3.8, 4) is 0 Å². The van der Waals surface area contributed by atoms with Gasteiger partial charge in [0.05, 0.1) is 37.3 Å². The van der Waals surface area contributed by atoms with Crippen LogP contribution in [0.15, 0.2) is 90.1 Å². The van der Waals surface area contributed by atoms with Gasteiger partial charge in [-0.05, 0) is 60.6 Å². The van der Waals surface area contributed by atoms with Crippen LogP contribution in [-0.4, -0.2) is 91.3 Å². The molecule has 6 heterocycles. The summed E-state index contributed by atoms with van der Waals surface area (Å²) in [7, 11) is 2.65. The molecule has 0 aliphatic carbocycles. The number of aliphatic imine (C=N–C) groups is 1. The predicted molar refractivity (Wildman–Crippen MR) is 208 cm³/mol. The second-order valence-corrected chi connectivity index (χ2v) is 14.0. The first kappa shape index (κ1) is 37.3. The van der Waals surface area contributed by atoms with Crippen LogP contribution in [0.5, 0.6) is 0 Å². The third kappa shape index (κ3) is 7.89. The molecule has 0 saturated carbocycles. The summed E-state index contributed by atoms with van der Waals surface area (Å²) in [5.41, 5.74) is 5.76. The Bertz CT molecular complexity index is 2400. The minimum absolute atomic E-state index is 0.157. The fourth-order valence-electron chi connectivity index (χ4n) is 7.75. The zero-order valence-electron chi connectivity index (χ0n) is 31.5. The molecule has 3 N–H and O–H groups in total. The predicted octanol–water partition coefficient (Wildman–Crippen LogP) is 5.59. The summed E-state index contributed by atoms with van der Waals surface area (Å²) >= 11 is 0. The first-order chi connectivity index (χ1) is 27.9. The third-order valence-corrected chi connectivity index (χ3v) is 10.4. The van der Waals surface area contributed by atoms with E-state index in [1.807, 2.05) is 83.8 Å². The molecule has 2 fully saturated rings. The lowest BCUT2D eigenvalue weighted by Crippen LogP contribution is -2.42. The van der Waals surface area contributed by atoms with Gasteiger partial charge in [-0.25, -0.2) is 29.7 Å². The minimum atomic E-state index is -0.904. The largest absolute Gasteiger partial charge is 0.453 e. The summed E-state index contributed by atoms with van der Waals surface area (Å²) in [5, 5.41) is 2.70. The van der Waals surface area contributed by atoms with Crippen molar-refractivity contribution in [2.45, 2.75) is 56.3 Å². The number of methoxy groups -OCH3 is 1. The number of carbonyl (C=O) groups is 3. The first-order valence-electron chi connectivity index (χ1n) is 18.9. The van der Waals surface area contributed by atoms with Crippen LogP contribution in [0.1, 0.15) is 83.9 Å². The van der Waals surface area contributed by atoms with Gasteiger partial charge >= 0.3 is 6.09 Å². The van der Waals surface area contributed by atoms with Gasteiger partial charge in [-0.1, -0.05) is 60.7 Å². The summed E-state index contributed by atoms with van der Waals surface area (Å²) < 4.78 is 4.83. The topological polar surface area (TPSA) is 193 Å². The fourth-order valence-corrected chi connectivity index (χ4v) is 7.75. The van der Waals surface area contributed by atoms with Crippen molar-refractivity contribution in [1.82, 2.24) is 45.0 Å². The summed E-state index contributed by atoms with van der Waals surface area (Å²) in [4.78, 5) is 83.6. The highest BCUT2D eigenvalue weighted by Crippen LogP contribution is 2.36. The van der Waals surface area contributed by atoms with Crippen LogP contribution in [0.3, 0.4) is 0 Å². The van der Waals surface area contributed by atoms with Gasteiger partial charge in [0.25, 0.3) is 11.8 Å². The summed E-state index contributed by atoms with van der Waals surface area (Å²) in [6.45, 7) is 1.10. The van der Waals surface area contributed by atoms with Gasteiger partial charge in [-0.2, -0.15) is 4.89 Å². The molecule has 292 valence electrons. The van der Waals surface area contributed by atoms with Gasteiger partial charge in [-0.15, -0.1) is 0 Å². The Hall–Kier alpha value is -6.68. The maximum Gasteiger partial charge on any atom is 0.407 e. The number of carbonyl (C=O) groups excluding carboxylic acids is 3. The van der Waals surface area contributed by atoms with E-state index in [1.165, 1.54) is 14.2 Å². The van der Waals surface area contributed by atoms with Crippen LogP contribution in [0.25, 0.3) is 22.3 Å². The molecule has 4 aromatic heterocycles. The van der Waals surface area contributed by atoms with E-state index in [9.17, 15) is 14.4 Å². The molecule has 57 heavy (non-hydrogen) atoms. The molecule has 2 saturated heterocycles. The number of pyridine rings is 2. The number of fused-ring (bicyclic) bond motifs is 2. The van der Waals surface area contributed by atoms with E-state index in [1.54, 1.807) is 11.1 Å². The monoisotopic (exact) mass is 770 g/mol. The number of rotatable bonds is 12. The van der Waals surface area contributed by atoms with Crippen LogP contribution in [-0.2, 0) is 30.5 Å². The number of hydrogen-bond acceptors (Lipinski definition) is 11. The molecule has 0 unspecified atom stereocenters. The van der Waals surface area contributed by atoms with E-state index < -0.39 is 18.2 Å². The van der Waals surface area contributed by atoms with Crippen molar-refractivity contribution in [3.05, 3.63) is 119 Å². The van der Waals surface area contributed by atoms with E-state index in [0.717, 1.165) is 53.5 Å². The number of aromatic amines is 2.